The summed E-state index contributed by atoms with van der Waals surface area (Å²) in [5.41, 5.74) is 1.64. The Hall–Kier alpha value is -2.02. The Bertz CT molecular complexity index is 554. The number of rotatable bonds is 4. The Morgan fingerprint density at radius 1 is 1.44 bits per heavy atom. The van der Waals surface area contributed by atoms with Crippen molar-refractivity contribution in [2.45, 2.75) is 13.8 Å². The fourth-order valence-electron chi connectivity index (χ4n) is 1.33. The molecule has 2 N–H and O–H groups in total. The average Bonchev–Trinajstić information content (AvgIpc) is 2.81. The van der Waals surface area contributed by atoms with Crippen LogP contribution in [0.3, 0.4) is 0 Å². The van der Waals surface area contributed by atoms with Crippen LogP contribution in [0.4, 0.5) is 10.8 Å². The van der Waals surface area contributed by atoms with Gasteiger partial charge in [0, 0.05) is 24.6 Å². The van der Waals surface area contributed by atoms with Crippen molar-refractivity contribution in [3.05, 3.63) is 29.0 Å². The molecule has 1 amide bonds. The Labute approximate surface area is 108 Å². The predicted octanol–water partition coefficient (Wildman–Crippen LogP) is 1.93. The zero-order valence-corrected chi connectivity index (χ0v) is 10.9. The highest BCUT2D eigenvalue weighted by Crippen LogP contribution is 2.18. The van der Waals surface area contributed by atoms with Gasteiger partial charge in [-0.3, -0.25) is 9.78 Å². The lowest BCUT2D eigenvalue weighted by Crippen LogP contribution is -2.12. The molecule has 0 aliphatic carbocycles. The minimum atomic E-state index is -0.258. The van der Waals surface area contributed by atoms with E-state index in [-0.39, 0.29) is 5.91 Å². The molecular weight excluding hydrogens is 250 g/mol. The summed E-state index contributed by atoms with van der Waals surface area (Å²) in [6.45, 7) is 4.59. The van der Waals surface area contributed by atoms with Crippen LogP contribution in [0.15, 0.2) is 18.5 Å². The van der Waals surface area contributed by atoms with Crippen molar-refractivity contribution in [2.24, 2.45) is 0 Å². The number of nitrogens with zero attached hydrogens (tertiary/aromatic N) is 3. The van der Waals surface area contributed by atoms with Gasteiger partial charge in [-0.25, -0.2) is 0 Å². The number of hydrogen-bond donors (Lipinski definition) is 2. The summed E-state index contributed by atoms with van der Waals surface area (Å²) in [5, 5.41) is 14.5. The zero-order chi connectivity index (χ0) is 13.0. The quantitative estimate of drug-likeness (QED) is 0.881. The summed E-state index contributed by atoms with van der Waals surface area (Å²) in [6.07, 6.45) is 3.33. The second-order valence-corrected chi connectivity index (χ2v) is 4.56. The molecule has 0 aromatic carbocycles. The van der Waals surface area contributed by atoms with Crippen LogP contribution in [0.25, 0.3) is 0 Å². The van der Waals surface area contributed by atoms with Crippen molar-refractivity contribution in [3.63, 3.8) is 0 Å². The zero-order valence-electron chi connectivity index (χ0n) is 10.1. The van der Waals surface area contributed by atoms with E-state index in [1.165, 1.54) is 11.3 Å². The summed E-state index contributed by atoms with van der Waals surface area (Å²) in [7, 11) is 0. The van der Waals surface area contributed by atoms with Gasteiger partial charge in [-0.2, -0.15) is 0 Å². The second-order valence-electron chi connectivity index (χ2n) is 3.59. The van der Waals surface area contributed by atoms with Crippen LogP contribution < -0.4 is 10.6 Å². The van der Waals surface area contributed by atoms with Gasteiger partial charge in [-0.1, -0.05) is 11.3 Å². The fraction of sp³-hybridized carbons (Fsp3) is 0.273. The number of anilines is 2. The standard InChI is InChI=1S/C11H13N5OS/c1-3-13-11-16-15-10(18-11)9(17)14-8-4-5-12-6-7(8)2/h4-6H,3H2,1-2H3,(H,13,16)(H,12,14,17). The van der Waals surface area contributed by atoms with Crippen molar-refractivity contribution in [2.75, 3.05) is 17.2 Å². The summed E-state index contributed by atoms with van der Waals surface area (Å²) >= 11 is 1.23. The molecule has 0 aliphatic heterocycles. The third-order valence-electron chi connectivity index (χ3n) is 2.22. The van der Waals surface area contributed by atoms with Gasteiger partial charge in [-0.05, 0) is 25.5 Å². The molecule has 2 aromatic rings. The number of carbonyl (C=O) groups excluding carboxylic acids is 1. The Balaban J connectivity index is 2.10. The van der Waals surface area contributed by atoms with E-state index < -0.39 is 0 Å². The SMILES string of the molecule is CCNc1nnc(C(=O)Nc2ccncc2C)s1. The Morgan fingerprint density at radius 3 is 3.00 bits per heavy atom. The van der Waals surface area contributed by atoms with Gasteiger partial charge in [-0.15, -0.1) is 10.2 Å². The molecular formula is C11H13N5OS. The number of carbonyl (C=O) groups is 1. The van der Waals surface area contributed by atoms with E-state index in [1.54, 1.807) is 18.5 Å². The van der Waals surface area contributed by atoms with E-state index in [0.717, 1.165) is 17.8 Å². The van der Waals surface area contributed by atoms with E-state index in [9.17, 15) is 4.79 Å². The highest BCUT2D eigenvalue weighted by molar-refractivity contribution is 7.17. The molecule has 7 heteroatoms. The molecule has 0 unspecified atom stereocenters. The molecule has 0 spiro atoms. The average molecular weight is 263 g/mol. The molecule has 0 atom stereocenters. The topological polar surface area (TPSA) is 79.8 Å². The number of aromatic nitrogens is 3. The summed E-state index contributed by atoms with van der Waals surface area (Å²) in [4.78, 5) is 15.9. The highest BCUT2D eigenvalue weighted by atomic mass is 32.1. The van der Waals surface area contributed by atoms with E-state index in [4.69, 9.17) is 0 Å². The molecule has 2 rings (SSSR count). The van der Waals surface area contributed by atoms with Crippen LogP contribution in [0.5, 0.6) is 0 Å². The molecule has 0 aliphatic rings. The summed E-state index contributed by atoms with van der Waals surface area (Å²) in [6, 6.07) is 1.75. The molecule has 94 valence electrons. The van der Waals surface area contributed by atoms with E-state index in [0.29, 0.717) is 10.1 Å². The van der Waals surface area contributed by atoms with Crippen LogP contribution in [0.2, 0.25) is 0 Å². The third kappa shape index (κ3) is 2.80. The number of aryl methyl sites for hydroxylation is 1. The first kappa shape index (κ1) is 12.4. The lowest BCUT2D eigenvalue weighted by atomic mass is 10.2. The minimum Gasteiger partial charge on any atom is -0.360 e. The van der Waals surface area contributed by atoms with Gasteiger partial charge in [0.15, 0.2) is 0 Å². The van der Waals surface area contributed by atoms with Crippen molar-refractivity contribution in [3.8, 4) is 0 Å². The van der Waals surface area contributed by atoms with Crippen molar-refractivity contribution >= 4 is 28.1 Å². The molecule has 6 nitrogen and oxygen atoms in total. The van der Waals surface area contributed by atoms with Crippen molar-refractivity contribution in [1.29, 1.82) is 0 Å². The lowest BCUT2D eigenvalue weighted by molar-refractivity contribution is 0.102. The van der Waals surface area contributed by atoms with Gasteiger partial charge >= 0.3 is 0 Å². The number of nitrogens with one attached hydrogen (secondary N) is 2. The Morgan fingerprint density at radius 2 is 2.28 bits per heavy atom. The third-order valence-corrected chi connectivity index (χ3v) is 3.10. The van der Waals surface area contributed by atoms with Crippen LogP contribution in [0, 0.1) is 6.92 Å². The molecule has 0 fully saturated rings. The maximum absolute atomic E-state index is 11.9. The van der Waals surface area contributed by atoms with Gasteiger partial charge in [0.25, 0.3) is 5.91 Å². The molecule has 2 heterocycles. The van der Waals surface area contributed by atoms with E-state index in [1.807, 2.05) is 13.8 Å². The van der Waals surface area contributed by atoms with Gasteiger partial charge in [0.1, 0.15) is 0 Å². The molecule has 2 aromatic heterocycles. The lowest BCUT2D eigenvalue weighted by Gasteiger charge is -2.04. The van der Waals surface area contributed by atoms with Crippen LogP contribution in [-0.2, 0) is 0 Å². The normalized spacial score (nSPS) is 10.1. The minimum absolute atomic E-state index is 0.258. The summed E-state index contributed by atoms with van der Waals surface area (Å²) < 4.78 is 0. The van der Waals surface area contributed by atoms with Gasteiger partial charge < -0.3 is 10.6 Å². The monoisotopic (exact) mass is 263 g/mol. The van der Waals surface area contributed by atoms with Crippen molar-refractivity contribution in [1.82, 2.24) is 15.2 Å². The first-order chi connectivity index (χ1) is 8.70. The largest absolute Gasteiger partial charge is 0.360 e. The molecule has 0 saturated carbocycles. The van der Waals surface area contributed by atoms with Gasteiger partial charge in [0.05, 0.1) is 0 Å². The van der Waals surface area contributed by atoms with E-state index in [2.05, 4.69) is 25.8 Å². The maximum Gasteiger partial charge on any atom is 0.286 e. The number of hydrogen-bond acceptors (Lipinski definition) is 6. The van der Waals surface area contributed by atoms with Crippen LogP contribution in [-0.4, -0.2) is 27.6 Å². The smallest absolute Gasteiger partial charge is 0.286 e. The Kier molecular flexibility index (Phi) is 3.83. The van der Waals surface area contributed by atoms with Crippen molar-refractivity contribution < 1.29 is 4.79 Å². The highest BCUT2D eigenvalue weighted by Gasteiger charge is 2.13. The first-order valence-electron chi connectivity index (χ1n) is 5.50. The van der Waals surface area contributed by atoms with E-state index >= 15 is 0 Å². The van der Waals surface area contributed by atoms with Crippen LogP contribution in [0.1, 0.15) is 22.3 Å². The number of amides is 1. The summed E-state index contributed by atoms with van der Waals surface area (Å²) in [5.74, 6) is -0.258. The fourth-order valence-corrected chi connectivity index (χ4v) is 2.03. The number of pyridine rings is 1. The second kappa shape index (κ2) is 5.54. The molecule has 0 saturated heterocycles. The molecule has 0 bridgehead atoms. The maximum atomic E-state index is 11.9. The molecule has 18 heavy (non-hydrogen) atoms. The molecule has 0 radical (unpaired) electrons. The van der Waals surface area contributed by atoms with Gasteiger partial charge in [0.2, 0.25) is 10.1 Å². The van der Waals surface area contributed by atoms with Crippen LogP contribution >= 0.6 is 11.3 Å². The predicted molar refractivity (Wildman–Crippen MR) is 71.0 cm³/mol. The first-order valence-corrected chi connectivity index (χ1v) is 6.31.